The van der Waals surface area contributed by atoms with Crippen molar-refractivity contribution in [3.05, 3.63) is 28.8 Å². The van der Waals surface area contributed by atoms with Crippen molar-refractivity contribution in [1.29, 1.82) is 0 Å². The van der Waals surface area contributed by atoms with Crippen molar-refractivity contribution in [3.8, 4) is 0 Å². The molecule has 0 aliphatic carbocycles. The van der Waals surface area contributed by atoms with Crippen LogP contribution < -0.4 is 5.73 Å². The Morgan fingerprint density at radius 3 is 2.80 bits per heavy atom. The van der Waals surface area contributed by atoms with Gasteiger partial charge >= 0.3 is 5.97 Å². The summed E-state index contributed by atoms with van der Waals surface area (Å²) in [6.07, 6.45) is -0.130. The van der Waals surface area contributed by atoms with Crippen molar-refractivity contribution < 1.29 is 14.3 Å². The molecule has 1 aliphatic rings. The predicted octanol–water partition coefficient (Wildman–Crippen LogP) is 1.48. The molecule has 1 heterocycles. The van der Waals surface area contributed by atoms with E-state index in [1.165, 1.54) is 6.07 Å². The topological polar surface area (TPSA) is 61.6 Å². The van der Waals surface area contributed by atoms with Gasteiger partial charge in [0.1, 0.15) is 6.10 Å². The van der Waals surface area contributed by atoms with Gasteiger partial charge in [-0.25, -0.2) is 4.79 Å². The highest BCUT2D eigenvalue weighted by molar-refractivity contribution is 6.33. The number of esters is 1. The maximum atomic E-state index is 11.5. The van der Waals surface area contributed by atoms with Gasteiger partial charge in [0.05, 0.1) is 29.5 Å². The lowest BCUT2D eigenvalue weighted by Gasteiger charge is -2.25. The van der Waals surface area contributed by atoms with E-state index in [1.807, 2.05) is 0 Å². The minimum Gasteiger partial charge on any atom is -0.454 e. The highest BCUT2D eigenvalue weighted by atomic mass is 35.5. The largest absolute Gasteiger partial charge is 0.454 e. The van der Waals surface area contributed by atoms with E-state index in [1.54, 1.807) is 12.1 Å². The van der Waals surface area contributed by atoms with E-state index in [4.69, 9.17) is 26.8 Å². The van der Waals surface area contributed by atoms with Crippen molar-refractivity contribution in [2.24, 2.45) is 0 Å². The van der Waals surface area contributed by atoms with Gasteiger partial charge in [-0.2, -0.15) is 0 Å². The third kappa shape index (κ3) is 2.22. The fourth-order valence-corrected chi connectivity index (χ4v) is 1.29. The molecule has 0 spiro atoms. The molecular formula is C10H10ClNO3. The van der Waals surface area contributed by atoms with Gasteiger partial charge in [-0.05, 0) is 18.2 Å². The van der Waals surface area contributed by atoms with Crippen LogP contribution in [-0.4, -0.2) is 25.3 Å². The first-order valence-electron chi connectivity index (χ1n) is 4.50. The van der Waals surface area contributed by atoms with Gasteiger partial charge in [0, 0.05) is 0 Å². The van der Waals surface area contributed by atoms with Crippen LogP contribution in [0.5, 0.6) is 0 Å². The molecule has 2 rings (SSSR count). The Kier molecular flexibility index (Phi) is 2.79. The van der Waals surface area contributed by atoms with E-state index in [0.29, 0.717) is 29.5 Å². The molecule has 15 heavy (non-hydrogen) atoms. The zero-order chi connectivity index (χ0) is 10.8. The summed E-state index contributed by atoms with van der Waals surface area (Å²) in [5, 5.41) is 0.429. The summed E-state index contributed by atoms with van der Waals surface area (Å²) < 4.78 is 10.00. The van der Waals surface area contributed by atoms with E-state index in [2.05, 4.69) is 0 Å². The minimum atomic E-state index is -0.397. The number of halogens is 1. The van der Waals surface area contributed by atoms with E-state index in [0.717, 1.165) is 0 Å². The van der Waals surface area contributed by atoms with Crippen LogP contribution in [0.3, 0.4) is 0 Å². The zero-order valence-corrected chi connectivity index (χ0v) is 8.66. The first-order valence-corrected chi connectivity index (χ1v) is 4.88. The Hall–Kier alpha value is -1.26. The molecule has 0 radical (unpaired) electrons. The molecule has 0 aromatic heterocycles. The van der Waals surface area contributed by atoms with Gasteiger partial charge in [-0.15, -0.1) is 0 Å². The monoisotopic (exact) mass is 227 g/mol. The van der Waals surface area contributed by atoms with Crippen LogP contribution in [0.1, 0.15) is 10.4 Å². The number of anilines is 1. The standard InChI is InChI=1S/C10H10ClNO3/c11-8-2-1-6(3-9(8)12)10(13)15-7-4-14-5-7/h1-3,7H,4-5,12H2. The summed E-state index contributed by atoms with van der Waals surface area (Å²) in [6, 6.07) is 4.66. The molecule has 1 fully saturated rings. The smallest absolute Gasteiger partial charge is 0.338 e. The molecule has 1 aliphatic heterocycles. The lowest BCUT2D eigenvalue weighted by atomic mass is 10.2. The van der Waals surface area contributed by atoms with Crippen LogP contribution in [0.4, 0.5) is 5.69 Å². The van der Waals surface area contributed by atoms with Gasteiger partial charge in [0.15, 0.2) is 0 Å². The number of nitrogens with two attached hydrogens (primary N) is 1. The molecule has 0 saturated carbocycles. The predicted molar refractivity (Wildman–Crippen MR) is 55.9 cm³/mol. The molecule has 0 unspecified atom stereocenters. The lowest BCUT2D eigenvalue weighted by molar-refractivity contribution is -0.103. The molecule has 1 saturated heterocycles. The summed E-state index contributed by atoms with van der Waals surface area (Å²) in [7, 11) is 0. The van der Waals surface area contributed by atoms with Crippen molar-refractivity contribution in [2.75, 3.05) is 18.9 Å². The fourth-order valence-electron chi connectivity index (χ4n) is 1.17. The molecule has 80 valence electrons. The molecule has 0 bridgehead atoms. The third-order valence-corrected chi connectivity index (χ3v) is 2.46. The lowest BCUT2D eigenvalue weighted by Crippen LogP contribution is -2.37. The molecule has 2 N–H and O–H groups in total. The maximum absolute atomic E-state index is 11.5. The second-order valence-corrected chi connectivity index (χ2v) is 3.71. The third-order valence-electron chi connectivity index (χ3n) is 2.11. The second-order valence-electron chi connectivity index (χ2n) is 3.30. The van der Waals surface area contributed by atoms with Gasteiger partial charge in [-0.1, -0.05) is 11.6 Å². The fraction of sp³-hybridized carbons (Fsp3) is 0.300. The number of nitrogen functional groups attached to an aromatic ring is 1. The van der Waals surface area contributed by atoms with Gasteiger partial charge in [0.2, 0.25) is 0 Å². The number of benzene rings is 1. The number of carbonyl (C=O) groups excluding carboxylic acids is 1. The van der Waals surface area contributed by atoms with E-state index >= 15 is 0 Å². The van der Waals surface area contributed by atoms with Crippen LogP contribution in [0, 0.1) is 0 Å². The average Bonchev–Trinajstić information content (AvgIpc) is 2.15. The molecule has 0 atom stereocenters. The van der Waals surface area contributed by atoms with E-state index in [-0.39, 0.29) is 6.10 Å². The zero-order valence-electron chi connectivity index (χ0n) is 7.90. The van der Waals surface area contributed by atoms with Crippen molar-refractivity contribution in [1.82, 2.24) is 0 Å². The highest BCUT2D eigenvalue weighted by Gasteiger charge is 2.23. The molecule has 0 amide bonds. The van der Waals surface area contributed by atoms with Crippen LogP contribution in [0.25, 0.3) is 0 Å². The highest BCUT2D eigenvalue weighted by Crippen LogP contribution is 2.20. The Morgan fingerprint density at radius 2 is 2.27 bits per heavy atom. The molecular weight excluding hydrogens is 218 g/mol. The molecule has 1 aromatic carbocycles. The van der Waals surface area contributed by atoms with Crippen LogP contribution >= 0.6 is 11.6 Å². The van der Waals surface area contributed by atoms with Gasteiger partial charge in [0.25, 0.3) is 0 Å². The van der Waals surface area contributed by atoms with Gasteiger partial charge in [-0.3, -0.25) is 0 Å². The number of carbonyl (C=O) groups is 1. The van der Waals surface area contributed by atoms with E-state index < -0.39 is 5.97 Å². The summed E-state index contributed by atoms with van der Waals surface area (Å²) in [5.41, 5.74) is 6.35. The average molecular weight is 228 g/mol. The summed E-state index contributed by atoms with van der Waals surface area (Å²) >= 11 is 5.73. The first-order chi connectivity index (χ1) is 7.16. The SMILES string of the molecule is Nc1cc(C(=O)OC2COC2)ccc1Cl. The van der Waals surface area contributed by atoms with E-state index in [9.17, 15) is 4.79 Å². The summed E-state index contributed by atoms with van der Waals surface area (Å²) in [4.78, 5) is 11.5. The number of rotatable bonds is 2. The normalized spacial score (nSPS) is 15.8. The quantitative estimate of drug-likeness (QED) is 0.614. The minimum absolute atomic E-state index is 0.130. The Balaban J connectivity index is 2.07. The maximum Gasteiger partial charge on any atom is 0.338 e. The second kappa shape index (κ2) is 4.08. The van der Waals surface area contributed by atoms with Gasteiger partial charge < -0.3 is 15.2 Å². The van der Waals surface area contributed by atoms with Crippen LogP contribution in [0.15, 0.2) is 18.2 Å². The Bertz CT molecular complexity index is 390. The molecule has 4 nitrogen and oxygen atoms in total. The Morgan fingerprint density at radius 1 is 1.53 bits per heavy atom. The molecule has 5 heteroatoms. The Labute approximate surface area is 91.9 Å². The summed E-state index contributed by atoms with van der Waals surface area (Å²) in [5.74, 6) is -0.397. The van der Waals surface area contributed by atoms with Crippen molar-refractivity contribution in [3.63, 3.8) is 0 Å². The van der Waals surface area contributed by atoms with Crippen LogP contribution in [-0.2, 0) is 9.47 Å². The van der Waals surface area contributed by atoms with Crippen molar-refractivity contribution in [2.45, 2.75) is 6.10 Å². The number of hydrogen-bond donors (Lipinski definition) is 1. The number of ether oxygens (including phenoxy) is 2. The molecule has 1 aromatic rings. The summed E-state index contributed by atoms with van der Waals surface area (Å²) in [6.45, 7) is 0.934. The van der Waals surface area contributed by atoms with Crippen LogP contribution in [0.2, 0.25) is 5.02 Å². The van der Waals surface area contributed by atoms with Crippen molar-refractivity contribution >= 4 is 23.3 Å². The number of hydrogen-bond acceptors (Lipinski definition) is 4. The first kappa shape index (κ1) is 10.3.